The van der Waals surface area contributed by atoms with E-state index in [1.807, 2.05) is 6.92 Å². The highest BCUT2D eigenvalue weighted by Crippen LogP contribution is 2.23. The molecule has 0 aliphatic rings. The monoisotopic (exact) mass is 345 g/mol. The molecule has 17 heavy (non-hydrogen) atoms. The van der Waals surface area contributed by atoms with Gasteiger partial charge in [0.2, 0.25) is 3.79 Å². The SMILES string of the molecule is C[C@@H](Cc1ccc(C(C)(C)C)cc1)C(=O)I=N. The fourth-order valence-electron chi connectivity index (χ4n) is 1.67. The molecule has 0 amide bonds. The number of rotatable bonds is 4. The van der Waals surface area contributed by atoms with Gasteiger partial charge in [0.1, 0.15) is 0 Å². The van der Waals surface area contributed by atoms with Crippen LogP contribution in [0.4, 0.5) is 0 Å². The maximum atomic E-state index is 11.4. The third-order valence-electron chi connectivity index (χ3n) is 2.84. The van der Waals surface area contributed by atoms with E-state index in [9.17, 15) is 4.79 Å². The summed E-state index contributed by atoms with van der Waals surface area (Å²) in [6.07, 6.45) is 0.766. The zero-order valence-corrected chi connectivity index (χ0v) is 13.0. The van der Waals surface area contributed by atoms with Crippen LogP contribution in [0.15, 0.2) is 24.3 Å². The van der Waals surface area contributed by atoms with Crippen LogP contribution in [0.3, 0.4) is 0 Å². The lowest BCUT2D eigenvalue weighted by Crippen LogP contribution is -2.11. The summed E-state index contributed by atoms with van der Waals surface area (Å²) in [5.41, 5.74) is 2.68. The molecule has 0 aliphatic carbocycles. The van der Waals surface area contributed by atoms with Crippen molar-refractivity contribution in [1.82, 2.24) is 0 Å². The molecule has 0 fully saturated rings. The van der Waals surface area contributed by atoms with Gasteiger partial charge in [0.25, 0.3) is 0 Å². The van der Waals surface area contributed by atoms with E-state index in [1.165, 1.54) is 11.1 Å². The molecule has 2 nitrogen and oxygen atoms in total. The maximum Gasteiger partial charge on any atom is 0.207 e. The van der Waals surface area contributed by atoms with Gasteiger partial charge < -0.3 is 0 Å². The highest BCUT2D eigenvalue weighted by molar-refractivity contribution is 14.2. The summed E-state index contributed by atoms with van der Waals surface area (Å²) in [7, 11) is 0. The zero-order chi connectivity index (χ0) is 13.1. The molecule has 0 heterocycles. The van der Waals surface area contributed by atoms with Crippen molar-refractivity contribution in [2.45, 2.75) is 39.5 Å². The van der Waals surface area contributed by atoms with Crippen molar-refractivity contribution in [2.24, 2.45) is 5.92 Å². The molecule has 1 aromatic rings. The van der Waals surface area contributed by atoms with E-state index in [4.69, 9.17) is 3.56 Å². The van der Waals surface area contributed by atoms with Crippen LogP contribution in [0, 0.1) is 9.48 Å². The largest absolute Gasteiger partial charge is 0.286 e. The molecule has 1 rings (SSSR count). The number of halogens is 1. The number of hydrogen-bond acceptors (Lipinski definition) is 2. The smallest absolute Gasteiger partial charge is 0.207 e. The summed E-state index contributed by atoms with van der Waals surface area (Å²) in [6, 6.07) is 8.49. The summed E-state index contributed by atoms with van der Waals surface area (Å²) in [4.78, 5) is 11.4. The number of carbonyl (C=O) groups excluding carboxylic acids is 1. The zero-order valence-electron chi connectivity index (χ0n) is 10.9. The molecular weight excluding hydrogens is 325 g/mol. The second-order valence-corrected chi connectivity index (χ2v) is 7.05. The van der Waals surface area contributed by atoms with Crippen LogP contribution < -0.4 is 0 Å². The molecule has 0 saturated carbocycles. The first-order valence-corrected chi connectivity index (χ1v) is 7.94. The number of nitrogens with one attached hydrogen (secondary N) is 1. The summed E-state index contributed by atoms with van der Waals surface area (Å²) in [5.74, 6) is 0.000728. The van der Waals surface area contributed by atoms with Crippen LogP contribution in [0.25, 0.3) is 0 Å². The lowest BCUT2D eigenvalue weighted by atomic mass is 9.86. The van der Waals surface area contributed by atoms with Crippen LogP contribution in [-0.4, -0.2) is 3.79 Å². The van der Waals surface area contributed by atoms with Crippen LogP contribution in [-0.2, 0) is 16.6 Å². The molecule has 0 aromatic heterocycles. The van der Waals surface area contributed by atoms with Gasteiger partial charge in [0.15, 0.2) is 0 Å². The Morgan fingerprint density at radius 1 is 1.29 bits per heavy atom. The molecule has 0 unspecified atom stereocenters. The quantitative estimate of drug-likeness (QED) is 0.637. The normalized spacial score (nSPS) is 13.4. The van der Waals surface area contributed by atoms with E-state index in [0.29, 0.717) is 0 Å². The predicted molar refractivity (Wildman–Crippen MR) is 79.8 cm³/mol. The third kappa shape index (κ3) is 4.30. The Kier molecular flexibility index (Phi) is 4.98. The van der Waals surface area contributed by atoms with E-state index < -0.39 is 21.0 Å². The maximum absolute atomic E-state index is 11.4. The molecule has 3 heteroatoms. The minimum atomic E-state index is -1.01. The Morgan fingerprint density at radius 2 is 1.82 bits per heavy atom. The van der Waals surface area contributed by atoms with Crippen molar-refractivity contribution in [2.75, 3.05) is 0 Å². The molecule has 0 saturated heterocycles. The summed E-state index contributed by atoms with van der Waals surface area (Å²) >= 11 is -1.01. The number of benzene rings is 1. The minimum absolute atomic E-state index is 0.000728. The predicted octanol–water partition coefficient (Wildman–Crippen LogP) is 4.42. The van der Waals surface area contributed by atoms with Gasteiger partial charge in [-0.25, -0.2) is 0 Å². The van der Waals surface area contributed by atoms with Gasteiger partial charge >= 0.3 is 0 Å². The number of carbonyl (C=O) groups is 1. The Labute approximate surface area is 114 Å². The molecule has 1 atom stereocenters. The second kappa shape index (κ2) is 5.85. The Balaban J connectivity index is 2.75. The van der Waals surface area contributed by atoms with Crippen LogP contribution >= 0.6 is 21.0 Å². The van der Waals surface area contributed by atoms with Crippen molar-refractivity contribution in [3.63, 3.8) is 0 Å². The van der Waals surface area contributed by atoms with Gasteiger partial charge in [-0.3, -0.25) is 8.36 Å². The van der Waals surface area contributed by atoms with Crippen LogP contribution in [0.5, 0.6) is 0 Å². The fraction of sp³-hybridized carbons (Fsp3) is 0.500. The van der Waals surface area contributed by atoms with Crippen molar-refractivity contribution in [3.05, 3.63) is 35.4 Å². The van der Waals surface area contributed by atoms with Crippen molar-refractivity contribution >= 4 is 24.8 Å². The average molecular weight is 345 g/mol. The molecular formula is C14H20INO. The lowest BCUT2D eigenvalue weighted by Gasteiger charge is -2.19. The van der Waals surface area contributed by atoms with E-state index in [1.54, 1.807) is 0 Å². The standard InChI is InChI=1S/C14H20INO/c1-10(13(17)15-16)9-11-5-7-12(8-6-11)14(2,3)4/h5-8,10,16H,9H2,1-4H3/t10-/m0/s1. The van der Waals surface area contributed by atoms with E-state index in [-0.39, 0.29) is 15.1 Å². The topological polar surface area (TPSA) is 40.9 Å². The summed E-state index contributed by atoms with van der Waals surface area (Å²) in [6.45, 7) is 8.50. The van der Waals surface area contributed by atoms with Crippen LogP contribution in [0.1, 0.15) is 38.8 Å². The molecule has 0 aliphatic heterocycles. The minimum Gasteiger partial charge on any atom is -0.286 e. The summed E-state index contributed by atoms with van der Waals surface area (Å²) < 4.78 is 7.31. The highest BCUT2D eigenvalue weighted by atomic mass is 127. The molecule has 0 radical (unpaired) electrons. The molecule has 1 N–H and O–H groups in total. The molecule has 0 bridgehead atoms. The second-order valence-electron chi connectivity index (χ2n) is 5.45. The Morgan fingerprint density at radius 3 is 2.24 bits per heavy atom. The summed E-state index contributed by atoms with van der Waals surface area (Å²) in [5, 5.41) is 0. The van der Waals surface area contributed by atoms with Gasteiger partial charge in [-0.2, -0.15) is 0 Å². The van der Waals surface area contributed by atoms with Gasteiger partial charge in [-0.05, 0) is 23.0 Å². The third-order valence-corrected chi connectivity index (χ3v) is 4.44. The van der Waals surface area contributed by atoms with Gasteiger partial charge in [-0.1, -0.05) is 52.0 Å². The fourth-order valence-corrected chi connectivity index (χ4v) is 2.42. The first kappa shape index (κ1) is 14.5. The molecule has 1 aromatic carbocycles. The highest BCUT2D eigenvalue weighted by Gasteiger charge is 2.15. The number of hydrogen-bond donors (Lipinski definition) is 1. The lowest BCUT2D eigenvalue weighted by molar-refractivity contribution is -0.112. The van der Waals surface area contributed by atoms with Crippen LogP contribution in [0.2, 0.25) is 0 Å². The van der Waals surface area contributed by atoms with E-state index >= 15 is 0 Å². The molecule has 94 valence electrons. The molecule has 0 spiro atoms. The first-order chi connectivity index (χ1) is 7.84. The van der Waals surface area contributed by atoms with Gasteiger partial charge in [0, 0.05) is 5.92 Å². The van der Waals surface area contributed by atoms with Gasteiger partial charge in [-0.15, -0.1) is 0 Å². The van der Waals surface area contributed by atoms with Crippen molar-refractivity contribution in [3.8, 4) is 0 Å². The van der Waals surface area contributed by atoms with E-state index in [0.717, 1.165) is 6.42 Å². The average Bonchev–Trinajstić information content (AvgIpc) is 2.27. The Hall–Kier alpha value is -0.580. The van der Waals surface area contributed by atoms with Gasteiger partial charge in [0.05, 0.1) is 21.0 Å². The first-order valence-electron chi connectivity index (χ1n) is 5.78. The van der Waals surface area contributed by atoms with Crippen molar-refractivity contribution < 1.29 is 4.79 Å². The van der Waals surface area contributed by atoms with E-state index in [2.05, 4.69) is 45.0 Å². The Bertz CT molecular complexity index is 403. The van der Waals surface area contributed by atoms with Crippen molar-refractivity contribution in [1.29, 1.82) is 3.56 Å².